The molecule has 124 valence electrons. The van der Waals surface area contributed by atoms with Gasteiger partial charge in [0.05, 0.1) is 11.4 Å². The third-order valence-electron chi connectivity index (χ3n) is 2.68. The van der Waals surface area contributed by atoms with E-state index in [4.69, 9.17) is 42.7 Å². The molecule has 2 aromatic heterocycles. The molecule has 2 aromatic rings. The van der Waals surface area contributed by atoms with Crippen LogP contribution in [-0.2, 0) is 32.3 Å². The zero-order chi connectivity index (χ0) is 16.7. The second-order valence-corrected chi connectivity index (χ2v) is 5.26. The van der Waals surface area contributed by atoms with Gasteiger partial charge in [-0.25, -0.2) is 0 Å². The van der Waals surface area contributed by atoms with E-state index in [1.54, 1.807) is 0 Å². The first kappa shape index (κ1) is 17.2. The Balaban J connectivity index is 1.58. The number of rotatable bonds is 8. The van der Waals surface area contributed by atoms with E-state index in [0.717, 1.165) is 0 Å². The average Bonchev–Trinajstić information content (AvgIpc) is 3.11. The van der Waals surface area contributed by atoms with Gasteiger partial charge in [-0.2, -0.15) is 0 Å². The molecular weight excluding hydrogens is 344 g/mol. The molecule has 0 aromatic carbocycles. The van der Waals surface area contributed by atoms with Gasteiger partial charge < -0.3 is 28.3 Å². The molecule has 0 unspecified atom stereocenters. The molecule has 0 aliphatic carbocycles. The number of esters is 2. The van der Waals surface area contributed by atoms with Crippen molar-refractivity contribution >= 4 is 36.4 Å². The molecular formula is C13H14N2O6S2. The van der Waals surface area contributed by atoms with E-state index < -0.39 is 11.9 Å². The lowest BCUT2D eigenvalue weighted by atomic mass is 10.2. The fraction of sp³-hybridized carbons (Fsp3) is 0.385. The molecule has 2 heterocycles. The molecule has 0 saturated heterocycles. The Morgan fingerprint density at radius 2 is 1.35 bits per heavy atom. The van der Waals surface area contributed by atoms with Crippen LogP contribution in [-0.4, -0.2) is 21.9 Å². The lowest BCUT2D eigenvalue weighted by molar-refractivity contribution is -0.147. The Morgan fingerprint density at radius 3 is 1.70 bits per heavy atom. The highest BCUT2D eigenvalue weighted by Gasteiger charge is 2.09. The summed E-state index contributed by atoms with van der Waals surface area (Å²) in [5.74, 6) is -0.838. The minimum atomic E-state index is -0.419. The Hall–Kier alpha value is -2.20. The third kappa shape index (κ3) is 6.20. The van der Waals surface area contributed by atoms with E-state index in [0.29, 0.717) is 17.8 Å². The van der Waals surface area contributed by atoms with Gasteiger partial charge in [-0.05, 0) is 30.9 Å². The first-order valence-electron chi connectivity index (χ1n) is 6.67. The van der Waals surface area contributed by atoms with E-state index in [-0.39, 0.29) is 35.7 Å². The van der Waals surface area contributed by atoms with Crippen LogP contribution in [0.25, 0.3) is 0 Å². The normalized spacial score (nSPS) is 10.4. The van der Waals surface area contributed by atoms with Gasteiger partial charge in [-0.15, -0.1) is 0 Å². The maximum absolute atomic E-state index is 11.5. The smallest absolute Gasteiger partial charge is 0.306 e. The van der Waals surface area contributed by atoms with E-state index in [1.807, 2.05) is 0 Å². The number of carbonyl (C=O) groups is 2. The number of hydrogen-bond donors (Lipinski definition) is 2. The molecule has 0 atom stereocenters. The van der Waals surface area contributed by atoms with Crippen LogP contribution in [0.3, 0.4) is 0 Å². The third-order valence-corrected chi connectivity index (χ3v) is 3.08. The van der Waals surface area contributed by atoms with E-state index >= 15 is 0 Å². The summed E-state index contributed by atoms with van der Waals surface area (Å²) in [6.07, 6.45) is 3.33. The van der Waals surface area contributed by atoms with Gasteiger partial charge in [0, 0.05) is 12.8 Å². The predicted molar refractivity (Wildman–Crippen MR) is 81.2 cm³/mol. The Bertz CT molecular complexity index is 707. The molecule has 8 nitrogen and oxygen atoms in total. The predicted octanol–water partition coefficient (Wildman–Crippen LogP) is 2.94. The van der Waals surface area contributed by atoms with Crippen molar-refractivity contribution in [3.63, 3.8) is 0 Å². The van der Waals surface area contributed by atoms with Crippen molar-refractivity contribution in [3.05, 3.63) is 33.6 Å². The molecule has 23 heavy (non-hydrogen) atoms. The molecule has 0 bridgehead atoms. The summed E-state index contributed by atoms with van der Waals surface area (Å²) in [6.45, 7) is 0.0896. The zero-order valence-corrected chi connectivity index (χ0v) is 13.6. The van der Waals surface area contributed by atoms with Crippen LogP contribution in [0.4, 0.5) is 0 Å². The van der Waals surface area contributed by atoms with Crippen LogP contribution in [0.1, 0.15) is 30.7 Å². The number of hydrogen-bond acceptors (Lipinski definition) is 8. The van der Waals surface area contributed by atoms with Crippen molar-refractivity contribution < 1.29 is 27.9 Å². The highest BCUT2D eigenvalue weighted by atomic mass is 32.1. The van der Waals surface area contributed by atoms with E-state index in [1.165, 1.54) is 12.5 Å². The molecule has 10 heteroatoms. The fourth-order valence-corrected chi connectivity index (χ4v) is 1.97. The second-order valence-electron chi connectivity index (χ2n) is 4.52. The Morgan fingerprint density at radius 1 is 0.913 bits per heavy atom. The van der Waals surface area contributed by atoms with E-state index in [2.05, 4.69) is 9.97 Å². The van der Waals surface area contributed by atoms with Gasteiger partial charge in [0.25, 0.3) is 9.67 Å². The van der Waals surface area contributed by atoms with Crippen LogP contribution in [0.5, 0.6) is 0 Å². The lowest BCUT2D eigenvalue weighted by Crippen LogP contribution is -2.08. The SMILES string of the molecule is O=C(CCCC(=O)OCc1coc(=S)[nH]1)OCc1coc(=S)[nH]1. The molecule has 0 aliphatic heterocycles. The van der Waals surface area contributed by atoms with Gasteiger partial charge >= 0.3 is 11.9 Å². The molecule has 0 fully saturated rings. The van der Waals surface area contributed by atoms with Crippen LogP contribution in [0, 0.1) is 9.67 Å². The van der Waals surface area contributed by atoms with Gasteiger partial charge in [0.2, 0.25) is 0 Å². The zero-order valence-electron chi connectivity index (χ0n) is 12.0. The first-order valence-corrected chi connectivity index (χ1v) is 7.49. The molecule has 0 radical (unpaired) electrons. The lowest BCUT2D eigenvalue weighted by Gasteiger charge is -2.04. The number of ether oxygens (including phenoxy) is 2. The standard InChI is InChI=1S/C13H14N2O6S2/c16-10(18-4-8-6-20-12(22)14-8)2-1-3-11(17)19-5-9-7-21-13(23)15-9/h6-7H,1-5H2,(H,14,22)(H,15,23). The van der Waals surface area contributed by atoms with Gasteiger partial charge in [0.1, 0.15) is 25.7 Å². The number of carbonyl (C=O) groups excluding carboxylic acids is 2. The van der Waals surface area contributed by atoms with Crippen molar-refractivity contribution in [2.45, 2.75) is 32.5 Å². The van der Waals surface area contributed by atoms with Gasteiger partial charge in [0.15, 0.2) is 0 Å². The summed E-state index contributed by atoms with van der Waals surface area (Å²) in [6, 6.07) is 0. The van der Waals surface area contributed by atoms with E-state index in [9.17, 15) is 9.59 Å². The summed E-state index contributed by atoms with van der Waals surface area (Å²) < 4.78 is 19.7. The number of oxazole rings is 2. The quantitative estimate of drug-likeness (QED) is 0.547. The van der Waals surface area contributed by atoms with Crippen LogP contribution in [0.15, 0.2) is 21.4 Å². The fourth-order valence-electron chi connectivity index (χ4n) is 1.61. The number of aromatic nitrogens is 2. The maximum atomic E-state index is 11.5. The maximum Gasteiger partial charge on any atom is 0.306 e. The van der Waals surface area contributed by atoms with Crippen LogP contribution >= 0.6 is 24.4 Å². The number of nitrogens with one attached hydrogen (secondary N) is 2. The molecule has 2 N–H and O–H groups in total. The summed E-state index contributed by atoms with van der Waals surface area (Å²) in [4.78, 5) is 28.9. The highest BCUT2D eigenvalue weighted by molar-refractivity contribution is 7.71. The Kier molecular flexibility index (Phi) is 6.29. The molecule has 2 rings (SSSR count). The van der Waals surface area contributed by atoms with Gasteiger partial charge in [-0.1, -0.05) is 0 Å². The molecule has 0 spiro atoms. The van der Waals surface area contributed by atoms with Crippen molar-refractivity contribution in [2.75, 3.05) is 0 Å². The monoisotopic (exact) mass is 358 g/mol. The summed E-state index contributed by atoms with van der Waals surface area (Å²) in [5, 5.41) is 0. The van der Waals surface area contributed by atoms with Crippen LogP contribution in [0.2, 0.25) is 0 Å². The molecule has 0 saturated carbocycles. The Labute approximate surface area is 140 Å². The second kappa shape index (κ2) is 8.44. The number of H-pyrrole nitrogens is 2. The summed E-state index contributed by atoms with van der Waals surface area (Å²) in [5.41, 5.74) is 1.14. The topological polar surface area (TPSA) is 110 Å². The van der Waals surface area contributed by atoms with Crippen molar-refractivity contribution in [1.29, 1.82) is 0 Å². The van der Waals surface area contributed by atoms with Gasteiger partial charge in [-0.3, -0.25) is 9.59 Å². The summed E-state index contributed by atoms with van der Waals surface area (Å²) in [7, 11) is 0. The highest BCUT2D eigenvalue weighted by Crippen LogP contribution is 2.05. The van der Waals surface area contributed by atoms with Crippen molar-refractivity contribution in [2.24, 2.45) is 0 Å². The van der Waals surface area contributed by atoms with Crippen molar-refractivity contribution in [1.82, 2.24) is 9.97 Å². The average molecular weight is 358 g/mol. The minimum absolute atomic E-state index is 0.0448. The molecule has 0 aliphatic rings. The molecule has 0 amide bonds. The number of aromatic amines is 2. The minimum Gasteiger partial charge on any atom is -0.459 e. The van der Waals surface area contributed by atoms with Crippen molar-refractivity contribution in [3.8, 4) is 0 Å². The largest absolute Gasteiger partial charge is 0.459 e. The summed E-state index contributed by atoms with van der Waals surface area (Å²) >= 11 is 9.49. The van der Waals surface area contributed by atoms with Crippen LogP contribution < -0.4 is 0 Å². The first-order chi connectivity index (χ1) is 11.0.